The van der Waals surface area contributed by atoms with Crippen LogP contribution in [-0.4, -0.2) is 34.9 Å². The van der Waals surface area contributed by atoms with Crippen molar-refractivity contribution in [3.05, 3.63) is 64.9 Å². The summed E-state index contributed by atoms with van der Waals surface area (Å²) in [5.41, 5.74) is 1.82. The number of nitrogens with one attached hydrogen (secondary N) is 1. The number of benzene rings is 1. The van der Waals surface area contributed by atoms with Crippen molar-refractivity contribution in [3.8, 4) is 0 Å². The van der Waals surface area contributed by atoms with Gasteiger partial charge in [0.1, 0.15) is 0 Å². The van der Waals surface area contributed by atoms with Crippen molar-refractivity contribution < 1.29 is 4.79 Å². The van der Waals surface area contributed by atoms with Gasteiger partial charge in [0.2, 0.25) is 0 Å². The number of halogens is 1. The van der Waals surface area contributed by atoms with E-state index in [0.717, 1.165) is 37.5 Å². The number of likely N-dealkylation sites (tertiary alicyclic amines) is 1. The number of amides is 1. The first-order valence-corrected chi connectivity index (χ1v) is 8.26. The molecule has 1 amide bonds. The molecule has 1 fully saturated rings. The first kappa shape index (κ1) is 16.0. The topological polar surface area (TPSA) is 45.2 Å². The van der Waals surface area contributed by atoms with E-state index in [-0.39, 0.29) is 11.9 Å². The average Bonchev–Trinajstić information content (AvgIpc) is 2.56. The van der Waals surface area contributed by atoms with E-state index in [0.29, 0.717) is 5.56 Å². The smallest absolute Gasteiger partial charge is 0.253 e. The van der Waals surface area contributed by atoms with Crippen LogP contribution >= 0.6 is 11.6 Å². The van der Waals surface area contributed by atoms with Gasteiger partial charge in [0.05, 0.1) is 5.56 Å². The molecule has 1 atom stereocenters. The number of rotatable bonds is 4. The highest BCUT2D eigenvalue weighted by molar-refractivity contribution is 6.30. The van der Waals surface area contributed by atoms with E-state index in [2.05, 4.69) is 21.3 Å². The van der Waals surface area contributed by atoms with Crippen LogP contribution in [0.2, 0.25) is 5.02 Å². The Kier molecular flexibility index (Phi) is 5.26. The predicted octanol–water partition coefficient (Wildman–Crippen LogP) is 3.13. The van der Waals surface area contributed by atoms with Gasteiger partial charge in [0.25, 0.3) is 5.91 Å². The van der Waals surface area contributed by atoms with Gasteiger partial charge in [-0.15, -0.1) is 0 Å². The van der Waals surface area contributed by atoms with Gasteiger partial charge >= 0.3 is 0 Å². The fourth-order valence-corrected chi connectivity index (χ4v) is 3.19. The molecule has 4 nitrogen and oxygen atoms in total. The van der Waals surface area contributed by atoms with Gasteiger partial charge in [-0.3, -0.25) is 14.7 Å². The van der Waals surface area contributed by atoms with E-state index >= 15 is 0 Å². The van der Waals surface area contributed by atoms with E-state index in [1.54, 1.807) is 24.5 Å². The van der Waals surface area contributed by atoms with Gasteiger partial charge in [-0.2, -0.15) is 0 Å². The van der Waals surface area contributed by atoms with Gasteiger partial charge in [0.15, 0.2) is 0 Å². The van der Waals surface area contributed by atoms with Gasteiger partial charge < -0.3 is 5.32 Å². The molecule has 1 aromatic carbocycles. The molecule has 23 heavy (non-hydrogen) atoms. The number of aromatic nitrogens is 1. The molecule has 0 aliphatic carbocycles. The van der Waals surface area contributed by atoms with Crippen LogP contribution in [0.1, 0.15) is 28.8 Å². The normalized spacial score (nSPS) is 18.6. The van der Waals surface area contributed by atoms with Crippen LogP contribution in [0.3, 0.4) is 0 Å². The summed E-state index contributed by atoms with van der Waals surface area (Å²) in [7, 11) is 0. The standard InChI is InChI=1S/C18H20ClN3O/c19-16-6-1-4-14(10-16)12-22-9-3-7-17(13-22)21-18(23)15-5-2-8-20-11-15/h1-2,4-6,8,10-11,17H,3,7,9,12-13H2,(H,21,23). The molecule has 120 valence electrons. The lowest BCUT2D eigenvalue weighted by atomic mass is 10.0. The summed E-state index contributed by atoms with van der Waals surface area (Å²) in [6.45, 7) is 2.77. The highest BCUT2D eigenvalue weighted by Gasteiger charge is 2.22. The quantitative estimate of drug-likeness (QED) is 0.937. The van der Waals surface area contributed by atoms with Crippen molar-refractivity contribution in [2.75, 3.05) is 13.1 Å². The van der Waals surface area contributed by atoms with Gasteiger partial charge in [-0.1, -0.05) is 23.7 Å². The Morgan fingerprint density at radius 2 is 2.26 bits per heavy atom. The predicted molar refractivity (Wildman–Crippen MR) is 91.5 cm³/mol. The fourth-order valence-electron chi connectivity index (χ4n) is 2.98. The Morgan fingerprint density at radius 3 is 3.04 bits per heavy atom. The minimum atomic E-state index is -0.0484. The van der Waals surface area contributed by atoms with E-state index < -0.39 is 0 Å². The lowest BCUT2D eigenvalue weighted by Gasteiger charge is -2.33. The zero-order valence-corrected chi connectivity index (χ0v) is 13.7. The first-order chi connectivity index (χ1) is 11.2. The third-order valence-electron chi connectivity index (χ3n) is 4.06. The highest BCUT2D eigenvalue weighted by atomic mass is 35.5. The second-order valence-electron chi connectivity index (χ2n) is 5.92. The van der Waals surface area contributed by atoms with E-state index in [1.165, 1.54) is 5.56 Å². The Hall–Kier alpha value is -1.91. The second kappa shape index (κ2) is 7.57. The summed E-state index contributed by atoms with van der Waals surface area (Å²) < 4.78 is 0. The van der Waals surface area contributed by atoms with Crippen molar-refractivity contribution in [2.24, 2.45) is 0 Å². The Balaban J connectivity index is 1.57. The van der Waals surface area contributed by atoms with Crippen LogP contribution in [-0.2, 0) is 6.54 Å². The molecule has 5 heteroatoms. The summed E-state index contributed by atoms with van der Waals surface area (Å²) in [5.74, 6) is -0.0484. The third-order valence-corrected chi connectivity index (χ3v) is 4.29. The number of hydrogen-bond acceptors (Lipinski definition) is 3. The number of piperidine rings is 1. The summed E-state index contributed by atoms with van der Waals surface area (Å²) in [5, 5.41) is 3.88. The minimum Gasteiger partial charge on any atom is -0.348 e. The number of nitrogens with zero attached hydrogens (tertiary/aromatic N) is 2. The van der Waals surface area contributed by atoms with Crippen molar-refractivity contribution in [3.63, 3.8) is 0 Å². The monoisotopic (exact) mass is 329 g/mol. The van der Waals surface area contributed by atoms with Crippen LogP contribution in [0, 0.1) is 0 Å². The largest absolute Gasteiger partial charge is 0.348 e. The average molecular weight is 330 g/mol. The summed E-state index contributed by atoms with van der Waals surface area (Å²) in [6.07, 6.45) is 5.36. The molecule has 1 saturated heterocycles. The maximum absolute atomic E-state index is 12.2. The minimum absolute atomic E-state index is 0.0484. The molecule has 2 aromatic rings. The van der Waals surface area contributed by atoms with E-state index in [4.69, 9.17) is 11.6 Å². The lowest BCUT2D eigenvalue weighted by molar-refractivity contribution is 0.0900. The number of pyridine rings is 1. The molecule has 1 aliphatic heterocycles. The highest BCUT2D eigenvalue weighted by Crippen LogP contribution is 2.17. The second-order valence-corrected chi connectivity index (χ2v) is 6.36. The van der Waals surface area contributed by atoms with Crippen LogP contribution in [0.5, 0.6) is 0 Å². The molecule has 0 saturated carbocycles. The molecule has 1 aliphatic rings. The van der Waals surface area contributed by atoms with Crippen molar-refractivity contribution in [1.82, 2.24) is 15.2 Å². The number of carbonyl (C=O) groups is 1. The first-order valence-electron chi connectivity index (χ1n) is 7.88. The molecule has 1 N–H and O–H groups in total. The number of carbonyl (C=O) groups excluding carboxylic acids is 1. The molecule has 0 radical (unpaired) electrons. The van der Waals surface area contributed by atoms with Gasteiger partial charge in [-0.25, -0.2) is 0 Å². The van der Waals surface area contributed by atoms with Crippen molar-refractivity contribution in [2.45, 2.75) is 25.4 Å². The van der Waals surface area contributed by atoms with Crippen LogP contribution in [0.4, 0.5) is 0 Å². The van der Waals surface area contributed by atoms with Gasteiger partial charge in [0, 0.05) is 36.5 Å². The van der Waals surface area contributed by atoms with Crippen LogP contribution < -0.4 is 5.32 Å². The van der Waals surface area contributed by atoms with Crippen molar-refractivity contribution in [1.29, 1.82) is 0 Å². The molecule has 2 heterocycles. The lowest BCUT2D eigenvalue weighted by Crippen LogP contribution is -2.47. The Bertz CT molecular complexity index is 662. The molecule has 0 bridgehead atoms. The third kappa shape index (κ3) is 4.53. The Labute approximate surface area is 141 Å². The zero-order chi connectivity index (χ0) is 16.1. The maximum Gasteiger partial charge on any atom is 0.253 e. The van der Waals surface area contributed by atoms with Gasteiger partial charge in [-0.05, 0) is 49.2 Å². The summed E-state index contributed by atoms with van der Waals surface area (Å²) in [4.78, 5) is 18.6. The maximum atomic E-state index is 12.2. The number of hydrogen-bond donors (Lipinski definition) is 1. The molecule has 0 spiro atoms. The molecule has 1 aromatic heterocycles. The van der Waals surface area contributed by atoms with Crippen LogP contribution in [0.15, 0.2) is 48.8 Å². The van der Waals surface area contributed by atoms with E-state index in [1.807, 2.05) is 18.2 Å². The molecular formula is C18H20ClN3O. The van der Waals surface area contributed by atoms with Crippen LogP contribution in [0.25, 0.3) is 0 Å². The summed E-state index contributed by atoms with van der Waals surface area (Å²) >= 11 is 6.05. The van der Waals surface area contributed by atoms with E-state index in [9.17, 15) is 4.79 Å². The Morgan fingerprint density at radius 1 is 1.35 bits per heavy atom. The van der Waals surface area contributed by atoms with Crippen molar-refractivity contribution >= 4 is 17.5 Å². The molecule has 3 rings (SSSR count). The SMILES string of the molecule is O=C(NC1CCCN(Cc2cccc(Cl)c2)C1)c1cccnc1. The summed E-state index contributed by atoms with van der Waals surface area (Å²) in [6, 6.07) is 11.7. The zero-order valence-electron chi connectivity index (χ0n) is 12.9. The molecular weight excluding hydrogens is 310 g/mol. The fraction of sp³-hybridized carbons (Fsp3) is 0.333. The molecule has 1 unspecified atom stereocenters.